The van der Waals surface area contributed by atoms with Crippen molar-refractivity contribution in [1.29, 1.82) is 5.26 Å². The number of carboxylic acid groups (broad SMARTS) is 1. The summed E-state index contributed by atoms with van der Waals surface area (Å²) in [5.74, 6) is -1.16. The second-order valence-electron chi connectivity index (χ2n) is 3.23. The summed E-state index contributed by atoms with van der Waals surface area (Å²) in [7, 11) is 0. The first-order chi connectivity index (χ1) is 7.15. The Hall–Kier alpha value is -2.08. The van der Waals surface area contributed by atoms with Gasteiger partial charge in [-0.05, 0) is 24.5 Å². The fourth-order valence-electron chi connectivity index (χ4n) is 1.32. The summed E-state index contributed by atoms with van der Waals surface area (Å²) in [5.41, 5.74) is 1.42. The van der Waals surface area contributed by atoms with E-state index in [1.807, 2.05) is 30.3 Å². The molecule has 0 aliphatic heterocycles. The normalized spacial score (nSPS) is 11.5. The van der Waals surface area contributed by atoms with Crippen molar-refractivity contribution in [2.75, 3.05) is 0 Å². The molecule has 15 heavy (non-hydrogen) atoms. The molecule has 0 radical (unpaired) electrons. The number of nitrogens with zero attached hydrogens (tertiary/aromatic N) is 1. The van der Waals surface area contributed by atoms with Crippen molar-refractivity contribution in [2.45, 2.75) is 13.3 Å². The van der Waals surface area contributed by atoms with Gasteiger partial charge in [-0.3, -0.25) is 0 Å². The van der Waals surface area contributed by atoms with Gasteiger partial charge < -0.3 is 5.11 Å². The molecule has 0 aromatic heterocycles. The molecular formula is C12H11NO2. The highest BCUT2D eigenvalue weighted by atomic mass is 16.4. The Morgan fingerprint density at radius 1 is 1.40 bits per heavy atom. The van der Waals surface area contributed by atoms with Crippen LogP contribution < -0.4 is 0 Å². The van der Waals surface area contributed by atoms with Crippen LogP contribution in [0.4, 0.5) is 0 Å². The standard InChI is InChI=1S/C12H11NO2/c1-9(11(8-13)12(14)15)7-10-5-3-2-4-6-10/h2-6H,7H2,1H3,(H,14,15). The van der Waals surface area contributed by atoms with E-state index in [0.717, 1.165) is 5.56 Å². The fraction of sp³-hybridized carbons (Fsp3) is 0.167. The summed E-state index contributed by atoms with van der Waals surface area (Å²) in [5, 5.41) is 17.4. The average molecular weight is 201 g/mol. The number of benzene rings is 1. The third-order valence-corrected chi connectivity index (χ3v) is 2.06. The number of hydrogen-bond donors (Lipinski definition) is 1. The molecule has 0 unspecified atom stereocenters. The van der Waals surface area contributed by atoms with Crippen molar-refractivity contribution in [1.82, 2.24) is 0 Å². The number of rotatable bonds is 3. The van der Waals surface area contributed by atoms with Crippen molar-refractivity contribution in [2.24, 2.45) is 0 Å². The van der Waals surface area contributed by atoms with E-state index in [2.05, 4.69) is 0 Å². The number of carbonyl (C=O) groups is 1. The van der Waals surface area contributed by atoms with Crippen molar-refractivity contribution in [3.05, 3.63) is 47.0 Å². The van der Waals surface area contributed by atoms with Crippen LogP contribution >= 0.6 is 0 Å². The predicted octanol–water partition coefficient (Wildman–Crippen LogP) is 2.15. The zero-order valence-electron chi connectivity index (χ0n) is 8.40. The summed E-state index contributed by atoms with van der Waals surface area (Å²) in [6, 6.07) is 11.2. The molecule has 0 saturated carbocycles. The molecule has 1 N–H and O–H groups in total. The maximum absolute atomic E-state index is 10.7. The van der Waals surface area contributed by atoms with Crippen LogP contribution in [-0.2, 0) is 11.2 Å². The maximum Gasteiger partial charge on any atom is 0.346 e. The van der Waals surface area contributed by atoms with E-state index in [9.17, 15) is 4.79 Å². The lowest BCUT2D eigenvalue weighted by molar-refractivity contribution is -0.132. The first-order valence-corrected chi connectivity index (χ1v) is 4.52. The number of carboxylic acids is 1. The predicted molar refractivity (Wildman–Crippen MR) is 56.1 cm³/mol. The van der Waals surface area contributed by atoms with Crippen molar-refractivity contribution in [3.63, 3.8) is 0 Å². The smallest absolute Gasteiger partial charge is 0.346 e. The molecule has 1 aromatic rings. The second kappa shape index (κ2) is 4.97. The quantitative estimate of drug-likeness (QED) is 0.602. The summed E-state index contributed by atoms with van der Waals surface area (Å²) in [6.45, 7) is 1.67. The minimum atomic E-state index is -1.16. The lowest BCUT2D eigenvalue weighted by Crippen LogP contribution is -2.02. The molecule has 0 bridgehead atoms. The number of allylic oxidation sites excluding steroid dienone is 1. The fourth-order valence-corrected chi connectivity index (χ4v) is 1.32. The molecule has 1 rings (SSSR count). The van der Waals surface area contributed by atoms with E-state index in [0.29, 0.717) is 12.0 Å². The molecule has 76 valence electrons. The highest BCUT2D eigenvalue weighted by Crippen LogP contribution is 2.11. The third-order valence-electron chi connectivity index (χ3n) is 2.06. The van der Waals surface area contributed by atoms with Gasteiger partial charge in [0, 0.05) is 0 Å². The van der Waals surface area contributed by atoms with Gasteiger partial charge in [-0.2, -0.15) is 5.26 Å². The van der Waals surface area contributed by atoms with Crippen molar-refractivity contribution in [3.8, 4) is 6.07 Å². The molecular weight excluding hydrogens is 190 g/mol. The number of hydrogen-bond acceptors (Lipinski definition) is 2. The molecule has 0 amide bonds. The van der Waals surface area contributed by atoms with Gasteiger partial charge in [0.1, 0.15) is 11.6 Å². The van der Waals surface area contributed by atoms with Crippen LogP contribution in [0, 0.1) is 11.3 Å². The Morgan fingerprint density at radius 2 is 2.00 bits per heavy atom. The molecule has 0 aliphatic carbocycles. The highest BCUT2D eigenvalue weighted by Gasteiger charge is 2.10. The minimum absolute atomic E-state index is 0.168. The third kappa shape index (κ3) is 2.96. The van der Waals surface area contributed by atoms with E-state index in [4.69, 9.17) is 10.4 Å². The van der Waals surface area contributed by atoms with Crippen LogP contribution in [0.25, 0.3) is 0 Å². The van der Waals surface area contributed by atoms with E-state index >= 15 is 0 Å². The van der Waals surface area contributed by atoms with Crippen molar-refractivity contribution >= 4 is 5.97 Å². The van der Waals surface area contributed by atoms with Gasteiger partial charge in [0.05, 0.1) is 0 Å². The molecule has 0 heterocycles. The molecule has 3 heteroatoms. The van der Waals surface area contributed by atoms with Crippen LogP contribution in [0.15, 0.2) is 41.5 Å². The van der Waals surface area contributed by atoms with Crippen LogP contribution in [0.1, 0.15) is 12.5 Å². The Balaban J connectivity index is 2.92. The van der Waals surface area contributed by atoms with Crippen LogP contribution in [0.5, 0.6) is 0 Å². The highest BCUT2D eigenvalue weighted by molar-refractivity contribution is 5.91. The summed E-state index contributed by atoms with van der Waals surface area (Å²) in [6.07, 6.45) is 0.496. The van der Waals surface area contributed by atoms with E-state index in [-0.39, 0.29) is 5.57 Å². The van der Waals surface area contributed by atoms with E-state index in [1.165, 1.54) is 0 Å². The van der Waals surface area contributed by atoms with Crippen molar-refractivity contribution < 1.29 is 9.90 Å². The van der Waals surface area contributed by atoms with E-state index in [1.54, 1.807) is 13.0 Å². The first-order valence-electron chi connectivity index (χ1n) is 4.52. The Kier molecular flexibility index (Phi) is 3.64. The molecule has 0 aliphatic rings. The van der Waals surface area contributed by atoms with Gasteiger partial charge in [0.25, 0.3) is 0 Å². The molecule has 3 nitrogen and oxygen atoms in total. The number of aliphatic carboxylic acids is 1. The topological polar surface area (TPSA) is 61.1 Å². The van der Waals surface area contributed by atoms with Gasteiger partial charge in [-0.25, -0.2) is 4.79 Å². The van der Waals surface area contributed by atoms with Gasteiger partial charge >= 0.3 is 5.97 Å². The molecule has 0 atom stereocenters. The Morgan fingerprint density at radius 3 is 2.47 bits per heavy atom. The summed E-state index contributed by atoms with van der Waals surface area (Å²) in [4.78, 5) is 10.7. The van der Waals surface area contributed by atoms with E-state index < -0.39 is 5.97 Å². The largest absolute Gasteiger partial charge is 0.477 e. The SMILES string of the molecule is CC(Cc1ccccc1)=C(C#N)C(=O)O. The lowest BCUT2D eigenvalue weighted by atomic mass is 10.0. The molecule has 0 spiro atoms. The van der Waals surface area contributed by atoms with Gasteiger partial charge in [-0.1, -0.05) is 30.3 Å². The molecule has 0 saturated heterocycles. The lowest BCUT2D eigenvalue weighted by Gasteiger charge is -2.02. The van der Waals surface area contributed by atoms with Gasteiger partial charge in [-0.15, -0.1) is 0 Å². The average Bonchev–Trinajstić information content (AvgIpc) is 2.19. The van der Waals surface area contributed by atoms with Crippen LogP contribution in [-0.4, -0.2) is 11.1 Å². The number of nitriles is 1. The Labute approximate surface area is 88.3 Å². The van der Waals surface area contributed by atoms with Crippen LogP contribution in [0.3, 0.4) is 0 Å². The summed E-state index contributed by atoms with van der Waals surface area (Å²) < 4.78 is 0. The summed E-state index contributed by atoms with van der Waals surface area (Å²) >= 11 is 0. The monoisotopic (exact) mass is 201 g/mol. The molecule has 1 aromatic carbocycles. The Bertz CT molecular complexity index is 427. The zero-order valence-corrected chi connectivity index (χ0v) is 8.40. The zero-order chi connectivity index (χ0) is 11.3. The second-order valence-corrected chi connectivity index (χ2v) is 3.23. The van der Waals surface area contributed by atoms with Crippen LogP contribution in [0.2, 0.25) is 0 Å². The molecule has 0 fully saturated rings. The first kappa shape index (κ1) is 11.0. The van der Waals surface area contributed by atoms with Gasteiger partial charge in [0.2, 0.25) is 0 Å². The maximum atomic E-state index is 10.7. The minimum Gasteiger partial charge on any atom is -0.477 e. The van der Waals surface area contributed by atoms with Gasteiger partial charge in [0.15, 0.2) is 0 Å².